The number of nitro groups is 1. The lowest BCUT2D eigenvalue weighted by Gasteiger charge is -2.06. The van der Waals surface area contributed by atoms with Crippen molar-refractivity contribution in [2.45, 2.75) is 6.61 Å². The Morgan fingerprint density at radius 2 is 1.85 bits per heavy atom. The molecule has 130 valence electrons. The molecule has 0 fully saturated rings. The molecule has 0 saturated heterocycles. The number of rotatable bonds is 7. The second-order valence-electron chi connectivity index (χ2n) is 5.37. The molecule has 0 aliphatic heterocycles. The van der Waals surface area contributed by atoms with Gasteiger partial charge in [0.2, 0.25) is 0 Å². The van der Waals surface area contributed by atoms with Gasteiger partial charge in [-0.2, -0.15) is 5.10 Å². The van der Waals surface area contributed by atoms with Crippen LogP contribution >= 0.6 is 0 Å². The van der Waals surface area contributed by atoms with E-state index in [-0.39, 0.29) is 5.69 Å². The van der Waals surface area contributed by atoms with Crippen LogP contribution in [0.25, 0.3) is 0 Å². The van der Waals surface area contributed by atoms with E-state index in [0.29, 0.717) is 12.4 Å². The summed E-state index contributed by atoms with van der Waals surface area (Å²) in [6, 6.07) is 20.3. The Kier molecular flexibility index (Phi) is 5.51. The first-order valence-corrected chi connectivity index (χ1v) is 7.87. The van der Waals surface area contributed by atoms with E-state index >= 15 is 0 Å². The van der Waals surface area contributed by atoms with Gasteiger partial charge in [0.25, 0.3) is 5.69 Å². The lowest BCUT2D eigenvalue weighted by Crippen LogP contribution is -1.96. The number of hydrogen-bond donors (Lipinski definition) is 1. The van der Waals surface area contributed by atoms with E-state index in [4.69, 9.17) is 4.74 Å². The molecular weight excluding hydrogens is 332 g/mol. The summed E-state index contributed by atoms with van der Waals surface area (Å²) in [4.78, 5) is 14.0. The normalized spacial score (nSPS) is 10.6. The molecule has 1 N–H and O–H groups in total. The number of aromatic nitrogens is 1. The van der Waals surface area contributed by atoms with Gasteiger partial charge < -0.3 is 4.74 Å². The number of benzene rings is 2. The molecule has 0 amide bonds. The molecule has 7 nitrogen and oxygen atoms in total. The van der Waals surface area contributed by atoms with Crippen molar-refractivity contribution < 1.29 is 9.66 Å². The zero-order valence-corrected chi connectivity index (χ0v) is 13.8. The Morgan fingerprint density at radius 1 is 1.08 bits per heavy atom. The molecule has 0 saturated carbocycles. The first-order chi connectivity index (χ1) is 12.7. The highest BCUT2D eigenvalue weighted by atomic mass is 16.6. The second kappa shape index (κ2) is 8.39. The summed E-state index contributed by atoms with van der Waals surface area (Å²) in [6.45, 7) is 0.516. The van der Waals surface area contributed by atoms with Crippen molar-refractivity contribution in [3.05, 3.63) is 94.2 Å². The molecule has 0 atom stereocenters. The Balaban J connectivity index is 1.52. The molecule has 0 aliphatic carbocycles. The molecule has 3 rings (SSSR count). The average molecular weight is 348 g/mol. The van der Waals surface area contributed by atoms with Gasteiger partial charge in [0, 0.05) is 6.07 Å². The number of hydrazone groups is 1. The molecule has 26 heavy (non-hydrogen) atoms. The van der Waals surface area contributed by atoms with Crippen LogP contribution in [0.5, 0.6) is 5.75 Å². The standard InChI is InChI=1S/C19H16N4O3/c24-23(25)17-8-11-19(20-13-17)22-21-12-15-6-9-18(10-7-15)26-14-16-4-2-1-3-5-16/h1-13H,14H2,(H,20,22)/b21-12+. The minimum Gasteiger partial charge on any atom is -0.489 e. The van der Waals surface area contributed by atoms with Crippen LogP contribution in [-0.2, 0) is 6.61 Å². The first kappa shape index (κ1) is 17.1. The fourth-order valence-electron chi connectivity index (χ4n) is 2.12. The molecule has 1 heterocycles. The number of ether oxygens (including phenoxy) is 1. The summed E-state index contributed by atoms with van der Waals surface area (Å²) in [5.41, 5.74) is 4.65. The van der Waals surface area contributed by atoms with E-state index in [1.807, 2.05) is 54.6 Å². The molecule has 0 aliphatic rings. The van der Waals surface area contributed by atoms with E-state index in [1.165, 1.54) is 18.3 Å². The van der Waals surface area contributed by atoms with Crippen molar-refractivity contribution in [3.63, 3.8) is 0 Å². The summed E-state index contributed by atoms with van der Waals surface area (Å²) < 4.78 is 5.73. The first-order valence-electron chi connectivity index (χ1n) is 7.87. The van der Waals surface area contributed by atoms with Crippen LogP contribution in [0.2, 0.25) is 0 Å². The molecular formula is C19H16N4O3. The zero-order chi connectivity index (χ0) is 18.2. The fraction of sp³-hybridized carbons (Fsp3) is 0.0526. The van der Waals surface area contributed by atoms with Crippen LogP contribution in [0, 0.1) is 10.1 Å². The smallest absolute Gasteiger partial charge is 0.287 e. The third-order valence-electron chi connectivity index (χ3n) is 3.48. The molecule has 0 unspecified atom stereocenters. The third-order valence-corrected chi connectivity index (χ3v) is 3.48. The van der Waals surface area contributed by atoms with Gasteiger partial charge in [-0.3, -0.25) is 15.5 Å². The van der Waals surface area contributed by atoms with E-state index in [2.05, 4.69) is 15.5 Å². The second-order valence-corrected chi connectivity index (χ2v) is 5.37. The predicted molar refractivity (Wildman–Crippen MR) is 99.3 cm³/mol. The van der Waals surface area contributed by atoms with Crippen LogP contribution in [0.1, 0.15) is 11.1 Å². The molecule has 3 aromatic rings. The molecule has 1 aromatic heterocycles. The average Bonchev–Trinajstić information content (AvgIpc) is 2.68. The Bertz CT molecular complexity index is 879. The van der Waals surface area contributed by atoms with Crippen LogP contribution in [-0.4, -0.2) is 16.1 Å². The quantitative estimate of drug-likeness (QED) is 0.396. The summed E-state index contributed by atoms with van der Waals surface area (Å²) >= 11 is 0. The van der Waals surface area contributed by atoms with Gasteiger partial charge in [0.15, 0.2) is 0 Å². The minimum atomic E-state index is -0.499. The maximum Gasteiger partial charge on any atom is 0.287 e. The summed E-state index contributed by atoms with van der Waals surface area (Å²) in [7, 11) is 0. The van der Waals surface area contributed by atoms with Crippen molar-refractivity contribution >= 4 is 17.7 Å². The van der Waals surface area contributed by atoms with Gasteiger partial charge >= 0.3 is 0 Å². The van der Waals surface area contributed by atoms with Gasteiger partial charge in [-0.25, -0.2) is 4.98 Å². The fourth-order valence-corrected chi connectivity index (χ4v) is 2.12. The number of hydrogen-bond acceptors (Lipinski definition) is 6. The Labute approximate surface area is 150 Å². The van der Waals surface area contributed by atoms with Crippen molar-refractivity contribution in [1.29, 1.82) is 0 Å². The highest BCUT2D eigenvalue weighted by Crippen LogP contribution is 2.14. The van der Waals surface area contributed by atoms with Crippen molar-refractivity contribution in [1.82, 2.24) is 4.98 Å². The lowest BCUT2D eigenvalue weighted by atomic mass is 10.2. The summed E-state index contributed by atoms with van der Waals surface area (Å²) in [5, 5.41) is 14.6. The molecule has 2 aromatic carbocycles. The van der Waals surface area contributed by atoms with Gasteiger partial charge in [0.1, 0.15) is 24.4 Å². The summed E-state index contributed by atoms with van der Waals surface area (Å²) in [5.74, 6) is 1.20. The summed E-state index contributed by atoms with van der Waals surface area (Å²) in [6.07, 6.45) is 2.81. The van der Waals surface area contributed by atoms with Crippen molar-refractivity contribution in [2.75, 3.05) is 5.43 Å². The number of pyridine rings is 1. The largest absolute Gasteiger partial charge is 0.489 e. The van der Waals surface area contributed by atoms with E-state index in [1.54, 1.807) is 6.21 Å². The Hall–Kier alpha value is -3.74. The van der Waals surface area contributed by atoms with Crippen LogP contribution in [0.15, 0.2) is 78.0 Å². The van der Waals surface area contributed by atoms with Crippen LogP contribution < -0.4 is 10.2 Å². The maximum atomic E-state index is 10.6. The zero-order valence-electron chi connectivity index (χ0n) is 13.8. The topological polar surface area (TPSA) is 89.7 Å². The van der Waals surface area contributed by atoms with Gasteiger partial charge in [-0.05, 0) is 41.5 Å². The highest BCUT2D eigenvalue weighted by Gasteiger charge is 2.04. The van der Waals surface area contributed by atoms with Crippen LogP contribution in [0.4, 0.5) is 11.5 Å². The van der Waals surface area contributed by atoms with Gasteiger partial charge in [-0.15, -0.1) is 0 Å². The van der Waals surface area contributed by atoms with Gasteiger partial charge in [-0.1, -0.05) is 30.3 Å². The monoisotopic (exact) mass is 348 g/mol. The predicted octanol–water partition coefficient (Wildman–Crippen LogP) is 4.01. The van der Waals surface area contributed by atoms with Crippen molar-refractivity contribution in [2.24, 2.45) is 5.10 Å². The SMILES string of the molecule is O=[N+]([O-])c1ccc(N/N=C/c2ccc(OCc3ccccc3)cc2)nc1. The van der Waals surface area contributed by atoms with Gasteiger partial charge in [0.05, 0.1) is 11.1 Å². The third kappa shape index (κ3) is 4.88. The minimum absolute atomic E-state index is 0.0642. The molecule has 7 heteroatoms. The van der Waals surface area contributed by atoms with E-state index in [9.17, 15) is 10.1 Å². The number of nitrogens with one attached hydrogen (secondary N) is 1. The number of anilines is 1. The molecule has 0 radical (unpaired) electrons. The van der Waals surface area contributed by atoms with E-state index in [0.717, 1.165) is 16.9 Å². The maximum absolute atomic E-state index is 10.6. The van der Waals surface area contributed by atoms with Crippen molar-refractivity contribution in [3.8, 4) is 5.75 Å². The highest BCUT2D eigenvalue weighted by molar-refractivity contribution is 5.80. The lowest BCUT2D eigenvalue weighted by molar-refractivity contribution is -0.385. The Morgan fingerprint density at radius 3 is 2.50 bits per heavy atom. The number of nitrogens with zero attached hydrogens (tertiary/aromatic N) is 3. The molecule has 0 spiro atoms. The van der Waals surface area contributed by atoms with Crippen LogP contribution in [0.3, 0.4) is 0 Å². The molecule has 0 bridgehead atoms. The van der Waals surface area contributed by atoms with E-state index < -0.39 is 4.92 Å².